The van der Waals surface area contributed by atoms with Crippen molar-refractivity contribution < 1.29 is 23.1 Å². The van der Waals surface area contributed by atoms with Gasteiger partial charge in [-0.15, -0.1) is 0 Å². The summed E-state index contributed by atoms with van der Waals surface area (Å²) in [4.78, 5) is 27.1. The number of benzene rings is 2. The molecule has 1 saturated heterocycles. The number of fused-ring (bicyclic) bond motifs is 1. The second kappa shape index (κ2) is 9.22. The molecule has 1 N–H and O–H groups in total. The summed E-state index contributed by atoms with van der Waals surface area (Å²) in [6, 6.07) is 7.22. The molecule has 4 rings (SSSR count). The van der Waals surface area contributed by atoms with Gasteiger partial charge in [0, 0.05) is 31.5 Å². The molecule has 0 bridgehead atoms. The summed E-state index contributed by atoms with van der Waals surface area (Å²) in [6.07, 6.45) is 3.52. The second-order valence-corrected chi connectivity index (χ2v) is 8.27. The van der Waals surface area contributed by atoms with Crippen LogP contribution in [0, 0.1) is 11.6 Å². The van der Waals surface area contributed by atoms with E-state index in [0.29, 0.717) is 43.7 Å². The van der Waals surface area contributed by atoms with Gasteiger partial charge in [-0.1, -0.05) is 23.7 Å². The van der Waals surface area contributed by atoms with Crippen LogP contribution >= 0.6 is 11.6 Å². The minimum absolute atomic E-state index is 0.00529. The summed E-state index contributed by atoms with van der Waals surface area (Å²) in [6.45, 7) is 0.921. The van der Waals surface area contributed by atoms with E-state index in [0.717, 1.165) is 30.5 Å². The third-order valence-corrected chi connectivity index (χ3v) is 6.07. The van der Waals surface area contributed by atoms with Crippen molar-refractivity contribution in [1.82, 2.24) is 5.32 Å². The van der Waals surface area contributed by atoms with Crippen LogP contribution in [0.2, 0.25) is 5.02 Å². The third-order valence-electron chi connectivity index (χ3n) is 5.77. The van der Waals surface area contributed by atoms with Crippen LogP contribution in [0.3, 0.4) is 0 Å². The van der Waals surface area contributed by atoms with Crippen molar-refractivity contribution in [2.75, 3.05) is 18.1 Å². The topological polar surface area (TPSA) is 58.6 Å². The maximum absolute atomic E-state index is 13.7. The van der Waals surface area contributed by atoms with Gasteiger partial charge >= 0.3 is 0 Å². The van der Waals surface area contributed by atoms with E-state index in [4.69, 9.17) is 16.3 Å². The maximum atomic E-state index is 13.7. The number of ether oxygens (including phenoxy) is 1. The number of nitrogens with one attached hydrogen (secondary N) is 1. The van der Waals surface area contributed by atoms with Crippen LogP contribution in [0.25, 0.3) is 0 Å². The Labute approximate surface area is 184 Å². The van der Waals surface area contributed by atoms with Crippen molar-refractivity contribution in [2.45, 2.75) is 44.6 Å². The molecule has 0 aromatic heterocycles. The summed E-state index contributed by atoms with van der Waals surface area (Å²) in [5, 5.41) is 3.03. The molecule has 8 heteroatoms. The third kappa shape index (κ3) is 4.66. The smallest absolute Gasteiger partial charge is 0.255 e. The Balaban J connectivity index is 1.45. The largest absolute Gasteiger partial charge is 0.492 e. The Hall–Kier alpha value is -2.67. The van der Waals surface area contributed by atoms with E-state index >= 15 is 0 Å². The highest BCUT2D eigenvalue weighted by Crippen LogP contribution is 2.31. The van der Waals surface area contributed by atoms with Crippen LogP contribution in [0.15, 0.2) is 30.3 Å². The molecule has 2 amide bonds. The molecule has 1 fully saturated rings. The number of rotatable bonds is 3. The fourth-order valence-electron chi connectivity index (χ4n) is 4.14. The Kier molecular flexibility index (Phi) is 6.41. The molecule has 164 valence electrons. The summed E-state index contributed by atoms with van der Waals surface area (Å²) in [5.41, 5.74) is 1.71. The van der Waals surface area contributed by atoms with Crippen LogP contribution in [-0.2, 0) is 11.2 Å². The molecule has 0 unspecified atom stereocenters. The highest BCUT2D eigenvalue weighted by atomic mass is 35.5. The summed E-state index contributed by atoms with van der Waals surface area (Å²) in [7, 11) is 0. The normalized spacial score (nSPS) is 19.1. The lowest BCUT2D eigenvalue weighted by atomic mass is 10.0. The van der Waals surface area contributed by atoms with Crippen molar-refractivity contribution >= 4 is 29.1 Å². The zero-order chi connectivity index (χ0) is 22.0. The van der Waals surface area contributed by atoms with Crippen molar-refractivity contribution in [3.05, 3.63) is 58.1 Å². The van der Waals surface area contributed by atoms with Crippen LogP contribution < -0.4 is 15.0 Å². The first-order valence-electron chi connectivity index (χ1n) is 10.4. The van der Waals surface area contributed by atoms with Gasteiger partial charge in [0.1, 0.15) is 5.75 Å². The highest BCUT2D eigenvalue weighted by molar-refractivity contribution is 6.33. The number of hydrogen-bond donors (Lipinski definition) is 1. The second-order valence-electron chi connectivity index (χ2n) is 7.86. The lowest BCUT2D eigenvalue weighted by molar-refractivity contribution is -0.118. The predicted octanol–water partition coefficient (Wildman–Crippen LogP) is 4.65. The lowest BCUT2D eigenvalue weighted by Crippen LogP contribution is -2.36. The van der Waals surface area contributed by atoms with Gasteiger partial charge in [0.25, 0.3) is 5.91 Å². The molecule has 2 aromatic rings. The summed E-state index contributed by atoms with van der Waals surface area (Å²) in [5.74, 6) is -1.91. The Bertz CT molecular complexity index is 1010. The molecule has 1 atom stereocenters. The first kappa shape index (κ1) is 21.6. The number of anilines is 1. The molecule has 31 heavy (non-hydrogen) atoms. The molecule has 2 aliphatic rings. The van der Waals surface area contributed by atoms with E-state index in [1.54, 1.807) is 6.07 Å². The molecule has 0 spiro atoms. The van der Waals surface area contributed by atoms with Gasteiger partial charge < -0.3 is 15.0 Å². The minimum atomic E-state index is -1.05. The van der Waals surface area contributed by atoms with E-state index in [2.05, 4.69) is 5.32 Å². The highest BCUT2D eigenvalue weighted by Gasteiger charge is 2.26. The number of para-hydroxylation sites is 1. The first-order valence-corrected chi connectivity index (χ1v) is 10.8. The fourth-order valence-corrected chi connectivity index (χ4v) is 4.39. The minimum Gasteiger partial charge on any atom is -0.492 e. The van der Waals surface area contributed by atoms with Gasteiger partial charge in [-0.05, 0) is 43.4 Å². The molecular formula is C23H23ClF2N2O3. The average molecular weight is 449 g/mol. The first-order chi connectivity index (χ1) is 14.9. The van der Waals surface area contributed by atoms with Gasteiger partial charge in [0.05, 0.1) is 22.9 Å². The molecule has 2 heterocycles. The van der Waals surface area contributed by atoms with Gasteiger partial charge in [-0.2, -0.15) is 0 Å². The van der Waals surface area contributed by atoms with E-state index < -0.39 is 11.6 Å². The molecule has 2 aromatic carbocycles. The molecule has 0 aliphatic carbocycles. The van der Waals surface area contributed by atoms with Crippen molar-refractivity contribution in [2.24, 2.45) is 0 Å². The number of amides is 2. The maximum Gasteiger partial charge on any atom is 0.255 e. The number of carbonyl (C=O) groups is 2. The van der Waals surface area contributed by atoms with E-state index in [9.17, 15) is 18.4 Å². The molecule has 0 radical (unpaired) electrons. The van der Waals surface area contributed by atoms with E-state index in [-0.39, 0.29) is 35.0 Å². The van der Waals surface area contributed by atoms with Gasteiger partial charge in [0.2, 0.25) is 5.91 Å². The Morgan fingerprint density at radius 2 is 1.94 bits per heavy atom. The zero-order valence-corrected chi connectivity index (χ0v) is 17.7. The monoisotopic (exact) mass is 448 g/mol. The lowest BCUT2D eigenvalue weighted by Gasteiger charge is -2.23. The Morgan fingerprint density at radius 3 is 2.77 bits per heavy atom. The average Bonchev–Trinajstić information content (AvgIpc) is 3.25. The number of carbonyl (C=O) groups excluding carboxylic acids is 2. The van der Waals surface area contributed by atoms with Crippen LogP contribution in [0.4, 0.5) is 14.5 Å². The predicted molar refractivity (Wildman–Crippen MR) is 114 cm³/mol. The quantitative estimate of drug-likeness (QED) is 0.695. The van der Waals surface area contributed by atoms with Crippen LogP contribution in [0.1, 0.15) is 48.0 Å². The van der Waals surface area contributed by atoms with Crippen LogP contribution in [0.5, 0.6) is 5.75 Å². The van der Waals surface area contributed by atoms with Crippen molar-refractivity contribution in [3.63, 3.8) is 0 Å². The number of halogens is 3. The molecule has 0 saturated carbocycles. The summed E-state index contributed by atoms with van der Waals surface area (Å²) < 4.78 is 32.8. The standard InChI is InChI=1S/C23H23ClF2N2O3/c24-17-12-18(25)19(26)13-20(17)28-10-2-1-5-15(7-8-21(28)29)27-23(30)16-6-3-4-14-9-11-31-22(14)16/h3-4,6,12-13,15H,1-2,5,7-11H2,(H,27,30)/t15-/m1/s1. The van der Waals surface area contributed by atoms with E-state index in [1.807, 2.05) is 12.1 Å². The molecule has 5 nitrogen and oxygen atoms in total. The van der Waals surface area contributed by atoms with Crippen LogP contribution in [-0.4, -0.2) is 31.0 Å². The number of hydrogen-bond acceptors (Lipinski definition) is 3. The van der Waals surface area contributed by atoms with Gasteiger partial charge in [-0.25, -0.2) is 8.78 Å². The van der Waals surface area contributed by atoms with Crippen molar-refractivity contribution in [1.29, 1.82) is 0 Å². The zero-order valence-electron chi connectivity index (χ0n) is 16.9. The summed E-state index contributed by atoms with van der Waals surface area (Å²) >= 11 is 6.08. The molecular weight excluding hydrogens is 426 g/mol. The Morgan fingerprint density at radius 1 is 1.13 bits per heavy atom. The van der Waals surface area contributed by atoms with Crippen molar-refractivity contribution in [3.8, 4) is 5.75 Å². The SMILES string of the molecule is O=C(N[C@@H]1CCCCN(c2cc(F)c(F)cc2Cl)C(=O)CC1)c1cccc2c1OCC2. The van der Waals surface area contributed by atoms with E-state index in [1.165, 1.54) is 4.90 Å². The molecule has 2 aliphatic heterocycles. The van der Waals surface area contributed by atoms with Gasteiger partial charge in [0.15, 0.2) is 11.6 Å². The number of nitrogens with zero attached hydrogens (tertiary/aromatic N) is 1. The van der Waals surface area contributed by atoms with Gasteiger partial charge in [-0.3, -0.25) is 9.59 Å². The fraction of sp³-hybridized carbons (Fsp3) is 0.391.